The fourth-order valence-electron chi connectivity index (χ4n) is 4.05. The van der Waals surface area contributed by atoms with Crippen molar-refractivity contribution in [3.63, 3.8) is 0 Å². The summed E-state index contributed by atoms with van der Waals surface area (Å²) in [6.45, 7) is 8.09. The molecule has 28 heavy (non-hydrogen) atoms. The van der Waals surface area contributed by atoms with Crippen LogP contribution in [-0.2, 0) is 11.3 Å². The molecule has 0 aromatic carbocycles. The molecule has 0 N–H and O–H groups in total. The number of carbonyl (C=O) groups excluding carboxylic acids is 1. The first-order valence-electron chi connectivity index (χ1n) is 10.1. The summed E-state index contributed by atoms with van der Waals surface area (Å²) in [6, 6.07) is 8.09. The molecule has 7 heteroatoms. The maximum Gasteiger partial charge on any atom is 0.225 e. The standard InChI is InChI=1S/C21H28N6O/c1-17-4-5-20(24-23-17)26-9-6-19(7-10-26)21(28)27-13-11-25(12-14-27)16-18-3-2-8-22-15-18/h2-5,8,15,19H,6-7,9-14,16H2,1H3. The van der Waals surface area contributed by atoms with Gasteiger partial charge in [0, 0.05) is 64.1 Å². The molecule has 2 aliphatic rings. The summed E-state index contributed by atoms with van der Waals surface area (Å²) in [5.74, 6) is 1.38. The van der Waals surface area contributed by atoms with Crippen molar-refractivity contribution in [3.05, 3.63) is 47.9 Å². The Morgan fingerprint density at radius 1 is 1.04 bits per heavy atom. The van der Waals surface area contributed by atoms with Crippen molar-refractivity contribution in [3.8, 4) is 0 Å². The second-order valence-corrected chi connectivity index (χ2v) is 7.76. The second-order valence-electron chi connectivity index (χ2n) is 7.76. The molecule has 4 heterocycles. The van der Waals surface area contributed by atoms with Crippen molar-refractivity contribution >= 4 is 11.7 Å². The Morgan fingerprint density at radius 3 is 2.46 bits per heavy atom. The minimum Gasteiger partial charge on any atom is -0.355 e. The normalized spacial score (nSPS) is 19.0. The van der Waals surface area contributed by atoms with Gasteiger partial charge in [-0.05, 0) is 43.5 Å². The van der Waals surface area contributed by atoms with Crippen LogP contribution in [-0.4, -0.2) is 70.2 Å². The molecular formula is C21H28N6O. The fourth-order valence-corrected chi connectivity index (χ4v) is 4.05. The molecular weight excluding hydrogens is 352 g/mol. The van der Waals surface area contributed by atoms with E-state index in [9.17, 15) is 4.79 Å². The maximum atomic E-state index is 13.0. The van der Waals surface area contributed by atoms with Crippen LogP contribution in [0.1, 0.15) is 24.1 Å². The number of aromatic nitrogens is 3. The number of piperazine rings is 1. The third-order valence-electron chi connectivity index (χ3n) is 5.76. The highest BCUT2D eigenvalue weighted by atomic mass is 16.2. The largest absolute Gasteiger partial charge is 0.355 e. The summed E-state index contributed by atoms with van der Waals surface area (Å²) in [7, 11) is 0. The smallest absolute Gasteiger partial charge is 0.225 e. The molecule has 0 saturated carbocycles. The first kappa shape index (κ1) is 18.8. The topological polar surface area (TPSA) is 65.5 Å². The number of piperidine rings is 1. The lowest BCUT2D eigenvalue weighted by Crippen LogP contribution is -2.51. The molecule has 7 nitrogen and oxygen atoms in total. The van der Waals surface area contributed by atoms with Crippen LogP contribution in [0.25, 0.3) is 0 Å². The summed E-state index contributed by atoms with van der Waals surface area (Å²) in [5, 5.41) is 8.42. The van der Waals surface area contributed by atoms with Crippen molar-refractivity contribution in [2.75, 3.05) is 44.2 Å². The number of amides is 1. The lowest BCUT2D eigenvalue weighted by atomic mass is 9.95. The third-order valence-corrected chi connectivity index (χ3v) is 5.76. The van der Waals surface area contributed by atoms with Crippen LogP contribution in [0.15, 0.2) is 36.7 Å². The summed E-state index contributed by atoms with van der Waals surface area (Å²) in [4.78, 5) is 23.8. The molecule has 148 valence electrons. The highest BCUT2D eigenvalue weighted by molar-refractivity contribution is 5.79. The van der Waals surface area contributed by atoms with E-state index in [1.807, 2.05) is 31.3 Å². The number of hydrogen-bond donors (Lipinski definition) is 0. The number of hydrogen-bond acceptors (Lipinski definition) is 6. The van der Waals surface area contributed by atoms with Crippen LogP contribution >= 0.6 is 0 Å². The van der Waals surface area contributed by atoms with Gasteiger partial charge in [-0.3, -0.25) is 14.7 Å². The van der Waals surface area contributed by atoms with Gasteiger partial charge in [-0.1, -0.05) is 6.07 Å². The third kappa shape index (κ3) is 4.47. The zero-order chi connectivity index (χ0) is 19.3. The Bertz CT molecular complexity index is 765. The number of rotatable bonds is 4. The van der Waals surface area contributed by atoms with Crippen LogP contribution in [0.3, 0.4) is 0 Å². The van der Waals surface area contributed by atoms with E-state index in [0.717, 1.165) is 70.2 Å². The van der Waals surface area contributed by atoms with Gasteiger partial charge in [0.15, 0.2) is 5.82 Å². The van der Waals surface area contributed by atoms with Gasteiger partial charge in [0.2, 0.25) is 5.91 Å². The second kappa shape index (κ2) is 8.65. The minimum absolute atomic E-state index is 0.138. The molecule has 2 aromatic rings. The minimum atomic E-state index is 0.138. The summed E-state index contributed by atoms with van der Waals surface area (Å²) in [5.41, 5.74) is 2.16. The highest BCUT2D eigenvalue weighted by Gasteiger charge is 2.30. The Kier molecular flexibility index (Phi) is 5.81. The molecule has 2 saturated heterocycles. The molecule has 2 aromatic heterocycles. The van der Waals surface area contributed by atoms with Gasteiger partial charge >= 0.3 is 0 Å². The van der Waals surface area contributed by atoms with Gasteiger partial charge in [-0.2, -0.15) is 5.10 Å². The zero-order valence-corrected chi connectivity index (χ0v) is 16.5. The van der Waals surface area contributed by atoms with Gasteiger partial charge in [0.1, 0.15) is 0 Å². The Hall–Kier alpha value is -2.54. The summed E-state index contributed by atoms with van der Waals surface area (Å²) in [6.07, 6.45) is 5.51. The Morgan fingerprint density at radius 2 is 1.82 bits per heavy atom. The number of nitrogens with zero attached hydrogens (tertiary/aromatic N) is 6. The van der Waals surface area contributed by atoms with Crippen molar-refractivity contribution < 1.29 is 4.79 Å². The number of carbonyl (C=O) groups is 1. The predicted octanol–water partition coefficient (Wildman–Crippen LogP) is 1.74. The molecule has 1 amide bonds. The lowest BCUT2D eigenvalue weighted by molar-refractivity contribution is -0.138. The summed E-state index contributed by atoms with van der Waals surface area (Å²) >= 11 is 0. The fraction of sp³-hybridized carbons (Fsp3) is 0.524. The Balaban J connectivity index is 1.24. The van der Waals surface area contributed by atoms with Gasteiger partial charge in [-0.25, -0.2) is 0 Å². The molecule has 0 radical (unpaired) electrons. The monoisotopic (exact) mass is 380 g/mol. The van der Waals surface area contributed by atoms with Gasteiger partial charge < -0.3 is 9.80 Å². The van der Waals surface area contributed by atoms with Gasteiger partial charge in [-0.15, -0.1) is 5.10 Å². The number of aryl methyl sites for hydroxylation is 1. The number of pyridine rings is 1. The van der Waals surface area contributed by atoms with E-state index in [1.54, 1.807) is 6.20 Å². The van der Waals surface area contributed by atoms with Crippen molar-refractivity contribution in [1.29, 1.82) is 0 Å². The van der Waals surface area contributed by atoms with E-state index in [2.05, 4.69) is 35.9 Å². The van der Waals surface area contributed by atoms with Crippen LogP contribution in [0, 0.1) is 12.8 Å². The molecule has 2 fully saturated rings. The first-order valence-corrected chi connectivity index (χ1v) is 10.1. The Labute approximate surface area is 166 Å². The lowest BCUT2D eigenvalue weighted by Gasteiger charge is -2.38. The molecule has 0 bridgehead atoms. The van der Waals surface area contributed by atoms with E-state index >= 15 is 0 Å². The van der Waals surface area contributed by atoms with E-state index in [1.165, 1.54) is 5.56 Å². The highest BCUT2D eigenvalue weighted by Crippen LogP contribution is 2.24. The van der Waals surface area contributed by atoms with Crippen molar-refractivity contribution in [1.82, 2.24) is 25.0 Å². The average molecular weight is 380 g/mol. The van der Waals surface area contributed by atoms with Crippen molar-refractivity contribution in [2.45, 2.75) is 26.3 Å². The van der Waals surface area contributed by atoms with Crippen LogP contribution in [0.5, 0.6) is 0 Å². The molecule has 0 spiro atoms. The van der Waals surface area contributed by atoms with Crippen LogP contribution < -0.4 is 4.90 Å². The molecule has 0 aliphatic carbocycles. The van der Waals surface area contributed by atoms with E-state index in [4.69, 9.17) is 0 Å². The maximum absolute atomic E-state index is 13.0. The molecule has 4 rings (SSSR count). The van der Waals surface area contributed by atoms with E-state index in [-0.39, 0.29) is 5.92 Å². The van der Waals surface area contributed by atoms with Gasteiger partial charge in [0.05, 0.1) is 5.69 Å². The SMILES string of the molecule is Cc1ccc(N2CCC(C(=O)N3CCN(Cc4cccnc4)CC3)CC2)nn1. The predicted molar refractivity (Wildman–Crippen MR) is 108 cm³/mol. The van der Waals surface area contributed by atoms with E-state index < -0.39 is 0 Å². The quantitative estimate of drug-likeness (QED) is 0.805. The van der Waals surface area contributed by atoms with Crippen LogP contribution in [0.2, 0.25) is 0 Å². The van der Waals surface area contributed by atoms with Crippen molar-refractivity contribution in [2.24, 2.45) is 5.92 Å². The van der Waals surface area contributed by atoms with Gasteiger partial charge in [0.25, 0.3) is 0 Å². The molecule has 2 aliphatic heterocycles. The van der Waals surface area contributed by atoms with E-state index in [0.29, 0.717) is 5.91 Å². The first-order chi connectivity index (χ1) is 13.7. The number of anilines is 1. The van der Waals surface area contributed by atoms with Crippen LogP contribution in [0.4, 0.5) is 5.82 Å². The molecule has 0 unspecified atom stereocenters. The zero-order valence-electron chi connectivity index (χ0n) is 16.5. The summed E-state index contributed by atoms with van der Waals surface area (Å²) < 4.78 is 0. The molecule has 0 atom stereocenters. The average Bonchev–Trinajstić information content (AvgIpc) is 2.75.